The third kappa shape index (κ3) is 21.9. The molecule has 7 heteroatoms. The third-order valence-electron chi connectivity index (χ3n) is 2.88. The van der Waals surface area contributed by atoms with Gasteiger partial charge in [0.15, 0.2) is 0 Å². The Kier molecular flexibility index (Phi) is 21.4. The summed E-state index contributed by atoms with van der Waals surface area (Å²) in [5.41, 5.74) is -2.08. The fourth-order valence-electron chi connectivity index (χ4n) is 1.65. The maximum Gasteiger partial charge on any atom is 0.248 e. The predicted molar refractivity (Wildman–Crippen MR) is 116 cm³/mol. The molecule has 0 N–H and O–H groups in total. The first-order chi connectivity index (χ1) is 11.2. The minimum Gasteiger partial charge on any atom is -0.322 e. The van der Waals surface area contributed by atoms with Crippen LogP contribution in [0.2, 0.25) is 5.02 Å². The van der Waals surface area contributed by atoms with Crippen LogP contribution in [0, 0.1) is 0 Å². The molecule has 0 spiro atoms. The zero-order chi connectivity index (χ0) is 18.9. The quantitative estimate of drug-likeness (QED) is 0.119. The molecule has 2 nitrogen and oxygen atoms in total. The smallest absolute Gasteiger partial charge is 0.248 e. The Labute approximate surface area is 175 Å². The second-order valence-electron chi connectivity index (χ2n) is 6.41. The normalized spacial score (nSPS) is 12.0. The van der Waals surface area contributed by atoms with Crippen LogP contribution >= 0.6 is 28.8 Å². The molecule has 24 heavy (non-hydrogen) atoms. The van der Waals surface area contributed by atoms with Gasteiger partial charge in [0.05, 0.1) is 13.2 Å². The summed E-state index contributed by atoms with van der Waals surface area (Å²) in [5.74, 6) is 0. The zero-order valence-corrected chi connectivity index (χ0v) is 23.1. The molecule has 0 aliphatic heterocycles. The monoisotopic (exact) mass is 465 g/mol. The van der Waals surface area contributed by atoms with Crippen LogP contribution in [0.3, 0.4) is 0 Å². The molecule has 0 unspecified atom stereocenters. The van der Waals surface area contributed by atoms with Crippen LogP contribution in [-0.4, -0.2) is 23.0 Å². The third-order valence-corrected chi connectivity index (χ3v) is 11.3. The van der Waals surface area contributed by atoms with E-state index in [1.165, 1.54) is 61.8 Å². The molecule has 0 aromatic carbocycles. The molecular formula is C17H38O2PS3Zn. The summed E-state index contributed by atoms with van der Waals surface area (Å²) in [6, 6.07) is 0. The number of hydrogen-bond donors (Lipinski definition) is 0. The second-order valence-corrected chi connectivity index (χ2v) is 16.4. The van der Waals surface area contributed by atoms with E-state index in [9.17, 15) is 0 Å². The summed E-state index contributed by atoms with van der Waals surface area (Å²) in [7, 11) is 0. The fraction of sp³-hybridized carbons (Fsp3) is 1.00. The molecule has 0 aliphatic rings. The van der Waals surface area contributed by atoms with Crippen molar-refractivity contribution in [1.29, 1.82) is 0 Å². The van der Waals surface area contributed by atoms with E-state index in [2.05, 4.69) is 27.7 Å². The molecule has 0 aromatic heterocycles. The minimum absolute atomic E-state index is 0.269. The maximum atomic E-state index is 5.54. The first kappa shape index (κ1) is 28.1. The molecule has 0 saturated heterocycles. The number of rotatable bonds is 13. The average molecular weight is 467 g/mol. The Morgan fingerprint density at radius 3 is 1.83 bits per heavy atom. The predicted octanol–water partition coefficient (Wildman–Crippen LogP) is 7.82. The Hall–Kier alpha value is 1.89. The molecule has 0 radical (unpaired) electrons. The Morgan fingerprint density at radius 1 is 0.917 bits per heavy atom. The maximum absolute atomic E-state index is 5.54. The average Bonchev–Trinajstić information content (AvgIpc) is 2.47. The van der Waals surface area contributed by atoms with Crippen molar-refractivity contribution in [3.05, 3.63) is 0 Å². The number of unbranched alkanes of at least 4 members (excludes halogenated alkanes) is 5. The van der Waals surface area contributed by atoms with E-state index in [1.54, 1.807) is 11.4 Å². The van der Waals surface area contributed by atoms with Gasteiger partial charge in [0.25, 0.3) is 0 Å². The molecule has 0 amide bonds. The molecule has 0 aromatic rings. The number of thioether (sulfide) groups is 1. The van der Waals surface area contributed by atoms with Crippen LogP contribution in [0.5, 0.6) is 0 Å². The van der Waals surface area contributed by atoms with E-state index >= 15 is 0 Å². The summed E-state index contributed by atoms with van der Waals surface area (Å²) in [6.45, 7) is 14.0. The molecule has 0 saturated carbocycles. The van der Waals surface area contributed by atoms with Crippen molar-refractivity contribution in [3.63, 3.8) is 0 Å². The molecule has 0 rings (SSSR count). The minimum atomic E-state index is -2.08. The first-order valence-corrected chi connectivity index (χ1v) is 16.5. The van der Waals surface area contributed by atoms with Gasteiger partial charge in [-0.15, -0.1) is 11.8 Å². The van der Waals surface area contributed by atoms with Crippen molar-refractivity contribution in [2.75, 3.05) is 18.3 Å². The molecule has 0 aliphatic carbocycles. The molecule has 0 atom stereocenters. The second kappa shape index (κ2) is 18.3. The van der Waals surface area contributed by atoms with E-state index in [4.69, 9.17) is 20.9 Å². The van der Waals surface area contributed by atoms with Crippen molar-refractivity contribution in [2.45, 2.75) is 89.8 Å². The topological polar surface area (TPSA) is 18.5 Å². The van der Waals surface area contributed by atoms with Crippen LogP contribution in [0.15, 0.2) is 0 Å². The van der Waals surface area contributed by atoms with Gasteiger partial charge >= 0.3 is 68.8 Å². The van der Waals surface area contributed by atoms with Gasteiger partial charge in [-0.3, -0.25) is 0 Å². The van der Waals surface area contributed by atoms with Crippen LogP contribution in [0.4, 0.5) is 0 Å². The largest absolute Gasteiger partial charge is 0.322 e. The summed E-state index contributed by atoms with van der Waals surface area (Å²) < 4.78 is 11.3. The van der Waals surface area contributed by atoms with Crippen LogP contribution in [-0.2, 0) is 39.2 Å². The van der Waals surface area contributed by atoms with Crippen molar-refractivity contribution in [2.24, 2.45) is 0 Å². The van der Waals surface area contributed by atoms with E-state index < -0.39 is 5.69 Å². The molecule has 0 fully saturated rings. The van der Waals surface area contributed by atoms with E-state index in [0.717, 1.165) is 5.08 Å². The zero-order valence-electron chi connectivity index (χ0n) is 16.8. The van der Waals surface area contributed by atoms with Crippen LogP contribution in [0.25, 0.3) is 0 Å². The summed E-state index contributed by atoms with van der Waals surface area (Å²) in [4.78, 5) is 0. The first-order valence-electron chi connectivity index (χ1n) is 9.21. The van der Waals surface area contributed by atoms with Crippen LogP contribution in [0.1, 0.15) is 80.1 Å². The van der Waals surface area contributed by atoms with E-state index in [1.807, 2.05) is 25.6 Å². The van der Waals surface area contributed by atoms with Gasteiger partial charge in [-0.1, -0.05) is 32.2 Å². The summed E-state index contributed by atoms with van der Waals surface area (Å²) in [5, 5.41) is 2.42. The number of hydrogen-bond acceptors (Lipinski definition) is 5. The van der Waals surface area contributed by atoms with Crippen LogP contribution < -0.4 is 0 Å². The Balaban J connectivity index is 0. The Morgan fingerprint density at radius 2 is 1.42 bits per heavy atom. The molecule has 0 heterocycles. The van der Waals surface area contributed by atoms with Crippen molar-refractivity contribution >= 4 is 40.6 Å². The van der Waals surface area contributed by atoms with Crippen molar-refractivity contribution in [1.82, 2.24) is 0 Å². The SMILES string of the molecule is CCCCCCC[CH2][Zn].CCOP(=S)(OCC)SCSC(C)(C)C. The fourth-order valence-corrected chi connectivity index (χ4v) is 9.90. The Bertz CT molecular complexity index is 297. The van der Waals surface area contributed by atoms with E-state index in [0.29, 0.717) is 13.2 Å². The van der Waals surface area contributed by atoms with Gasteiger partial charge in [0.1, 0.15) is 0 Å². The van der Waals surface area contributed by atoms with Gasteiger partial charge in [0, 0.05) is 9.83 Å². The molecular weight excluding hydrogens is 429 g/mol. The summed E-state index contributed by atoms with van der Waals surface area (Å²) >= 11 is 10.4. The van der Waals surface area contributed by atoms with E-state index in [-0.39, 0.29) is 4.75 Å². The van der Waals surface area contributed by atoms with Gasteiger partial charge < -0.3 is 9.05 Å². The molecule has 0 bridgehead atoms. The molecule has 143 valence electrons. The van der Waals surface area contributed by atoms with Gasteiger partial charge in [-0.05, 0) is 25.7 Å². The summed E-state index contributed by atoms with van der Waals surface area (Å²) in [6.07, 6.45) is 8.74. The van der Waals surface area contributed by atoms with Gasteiger partial charge in [0.2, 0.25) is 5.69 Å². The van der Waals surface area contributed by atoms with Crippen molar-refractivity contribution in [3.8, 4) is 0 Å². The standard InChI is InChI=1S/C9H21O2PS3.C8H17.Zn/c1-6-10-12(13,11-7-2)15-8-14-9(3,4)5;1-3-5-7-8-6-4-2;/h6-8H2,1-5H3;1,3-8H2,2H3;. The van der Waals surface area contributed by atoms with Gasteiger partial charge in [-0.25, -0.2) is 0 Å². The van der Waals surface area contributed by atoms with Gasteiger partial charge in [-0.2, -0.15) is 0 Å². The van der Waals surface area contributed by atoms with Crippen molar-refractivity contribution < 1.29 is 27.3 Å².